The molecule has 4 rings (SSSR count). The molecule has 0 aliphatic rings. The zero-order valence-corrected chi connectivity index (χ0v) is 17.9. The first-order valence-corrected chi connectivity index (χ1v) is 10.5. The van der Waals surface area contributed by atoms with Gasteiger partial charge in [-0.15, -0.1) is 0 Å². The van der Waals surface area contributed by atoms with Crippen molar-refractivity contribution >= 4 is 39.9 Å². The van der Waals surface area contributed by atoms with Gasteiger partial charge in [0.2, 0.25) is 0 Å². The molecule has 3 heterocycles. The van der Waals surface area contributed by atoms with Crippen molar-refractivity contribution in [1.29, 1.82) is 0 Å². The Hall–Kier alpha value is -3.29. The van der Waals surface area contributed by atoms with Crippen LogP contribution in [0.1, 0.15) is 30.4 Å². The van der Waals surface area contributed by atoms with Crippen LogP contribution in [0.25, 0.3) is 34.1 Å². The topological polar surface area (TPSA) is 88.1 Å². The van der Waals surface area contributed by atoms with Gasteiger partial charge in [0, 0.05) is 38.5 Å². The number of nitrogen functional groups attached to an aromatic ring is 1. The molecule has 7 heteroatoms. The van der Waals surface area contributed by atoms with Crippen molar-refractivity contribution in [3.05, 3.63) is 59.7 Å². The average molecular weight is 418 g/mol. The van der Waals surface area contributed by atoms with Gasteiger partial charge in [-0.3, -0.25) is 4.98 Å². The number of benzene rings is 1. The van der Waals surface area contributed by atoms with Crippen molar-refractivity contribution in [2.75, 3.05) is 26.1 Å². The molecule has 160 valence electrons. The smallest absolute Gasteiger partial charge is 0.152 e. The number of hydrogen-bond acceptors (Lipinski definition) is 6. The summed E-state index contributed by atoms with van der Waals surface area (Å²) in [7, 11) is 1.71. The minimum absolute atomic E-state index is 0.427. The predicted octanol–water partition coefficient (Wildman–Crippen LogP) is 4.31. The van der Waals surface area contributed by atoms with Crippen LogP contribution in [-0.4, -0.2) is 39.8 Å². The number of pyridine rings is 2. The van der Waals surface area contributed by atoms with Gasteiger partial charge in [0.1, 0.15) is 17.9 Å². The van der Waals surface area contributed by atoms with Crippen molar-refractivity contribution in [2.45, 2.75) is 26.5 Å². The molecule has 2 N–H and O–H groups in total. The molecule has 0 aliphatic carbocycles. The molecule has 0 saturated heterocycles. The first-order chi connectivity index (χ1) is 15.2. The molecular formula is C24H27N5O2. The molecule has 0 fully saturated rings. The Kier molecular flexibility index (Phi) is 6.54. The van der Waals surface area contributed by atoms with Crippen molar-refractivity contribution in [1.82, 2.24) is 19.5 Å². The Morgan fingerprint density at radius 1 is 1.13 bits per heavy atom. The van der Waals surface area contributed by atoms with E-state index in [2.05, 4.69) is 26.7 Å². The quantitative estimate of drug-likeness (QED) is 0.408. The summed E-state index contributed by atoms with van der Waals surface area (Å²) in [5.41, 5.74) is 10.8. The number of anilines is 1. The number of nitrogens with two attached hydrogens (primary N) is 1. The fourth-order valence-electron chi connectivity index (χ4n) is 3.65. The Labute approximate surface area is 181 Å². The fourth-order valence-corrected chi connectivity index (χ4v) is 3.65. The van der Waals surface area contributed by atoms with E-state index in [1.165, 1.54) is 0 Å². The highest BCUT2D eigenvalue weighted by atomic mass is 16.5. The number of aromatic nitrogens is 4. The lowest BCUT2D eigenvalue weighted by atomic mass is 10.1. The second-order valence-electron chi connectivity index (χ2n) is 7.22. The summed E-state index contributed by atoms with van der Waals surface area (Å²) < 4.78 is 13.1. The van der Waals surface area contributed by atoms with E-state index in [4.69, 9.17) is 20.2 Å². The Morgan fingerprint density at radius 2 is 2.03 bits per heavy atom. The Morgan fingerprint density at radius 3 is 2.81 bits per heavy atom. The average Bonchev–Trinajstić information content (AvgIpc) is 3.16. The van der Waals surface area contributed by atoms with Gasteiger partial charge < -0.3 is 19.8 Å². The molecule has 0 unspecified atom stereocenters. The fraction of sp³-hybridized carbons (Fsp3) is 0.292. The number of aryl methyl sites for hydroxylation is 1. The van der Waals surface area contributed by atoms with Crippen molar-refractivity contribution in [3.63, 3.8) is 0 Å². The van der Waals surface area contributed by atoms with Crippen LogP contribution in [0.15, 0.2) is 42.6 Å². The minimum Gasteiger partial charge on any atom is -0.385 e. The van der Waals surface area contributed by atoms with E-state index in [1.54, 1.807) is 13.3 Å². The van der Waals surface area contributed by atoms with Crippen LogP contribution in [0.2, 0.25) is 0 Å². The monoisotopic (exact) mass is 417 g/mol. The molecular weight excluding hydrogens is 390 g/mol. The number of methoxy groups -OCH3 is 1. The van der Waals surface area contributed by atoms with E-state index in [1.807, 2.05) is 43.3 Å². The lowest BCUT2D eigenvalue weighted by molar-refractivity contribution is 0.125. The Bertz CT molecular complexity index is 1200. The lowest BCUT2D eigenvalue weighted by Gasteiger charge is -2.11. The van der Waals surface area contributed by atoms with Gasteiger partial charge in [-0.05, 0) is 43.2 Å². The van der Waals surface area contributed by atoms with E-state index in [0.29, 0.717) is 25.6 Å². The van der Waals surface area contributed by atoms with Crippen LogP contribution < -0.4 is 5.73 Å². The van der Waals surface area contributed by atoms with Gasteiger partial charge in [-0.2, -0.15) is 0 Å². The third kappa shape index (κ3) is 4.57. The van der Waals surface area contributed by atoms with Gasteiger partial charge >= 0.3 is 0 Å². The van der Waals surface area contributed by atoms with Crippen LogP contribution in [-0.2, 0) is 22.6 Å². The zero-order valence-electron chi connectivity index (χ0n) is 17.9. The number of hydrogen-bond donors (Lipinski definition) is 1. The van der Waals surface area contributed by atoms with Gasteiger partial charge in [0.05, 0.1) is 16.7 Å². The maximum absolute atomic E-state index is 6.32. The van der Waals surface area contributed by atoms with Gasteiger partial charge in [-0.1, -0.05) is 24.3 Å². The summed E-state index contributed by atoms with van der Waals surface area (Å²) in [4.78, 5) is 13.7. The van der Waals surface area contributed by atoms with Crippen molar-refractivity contribution in [2.24, 2.45) is 0 Å². The largest absolute Gasteiger partial charge is 0.385 e. The summed E-state index contributed by atoms with van der Waals surface area (Å²) in [5, 5.41) is 1.02. The molecule has 31 heavy (non-hydrogen) atoms. The lowest BCUT2D eigenvalue weighted by Crippen LogP contribution is -2.08. The molecule has 0 saturated carbocycles. The second kappa shape index (κ2) is 9.68. The summed E-state index contributed by atoms with van der Waals surface area (Å²) in [6.45, 7) is 4.48. The van der Waals surface area contributed by atoms with Crippen LogP contribution in [0, 0.1) is 0 Å². The minimum atomic E-state index is 0.427. The predicted molar refractivity (Wildman–Crippen MR) is 124 cm³/mol. The molecule has 4 aromatic rings. The molecule has 0 radical (unpaired) electrons. The SMILES string of the molecule is CCOCc1nc2c(N)nc3cc(/C=C/c4ccccn4)ccc3c2n1CCCOC. The van der Waals surface area contributed by atoms with Crippen LogP contribution in [0.4, 0.5) is 5.82 Å². The molecule has 3 aromatic heterocycles. The zero-order chi connectivity index (χ0) is 21.6. The summed E-state index contributed by atoms with van der Waals surface area (Å²) in [6, 6.07) is 12.0. The number of nitrogens with zero attached hydrogens (tertiary/aromatic N) is 4. The van der Waals surface area contributed by atoms with Crippen molar-refractivity contribution in [3.8, 4) is 0 Å². The first kappa shape index (κ1) is 21.0. The highest BCUT2D eigenvalue weighted by Crippen LogP contribution is 2.30. The third-order valence-corrected chi connectivity index (χ3v) is 5.11. The summed E-state index contributed by atoms with van der Waals surface area (Å²) >= 11 is 0. The van der Waals surface area contributed by atoms with Gasteiger partial charge in [0.25, 0.3) is 0 Å². The molecule has 1 aromatic carbocycles. The van der Waals surface area contributed by atoms with Crippen molar-refractivity contribution < 1.29 is 9.47 Å². The molecule has 0 spiro atoms. The normalized spacial score (nSPS) is 11.8. The molecule has 0 bridgehead atoms. The van der Waals surface area contributed by atoms with Crippen LogP contribution >= 0.6 is 0 Å². The van der Waals surface area contributed by atoms with E-state index >= 15 is 0 Å². The van der Waals surface area contributed by atoms with E-state index < -0.39 is 0 Å². The summed E-state index contributed by atoms with van der Waals surface area (Å²) in [6.07, 6.45) is 6.66. The molecule has 7 nitrogen and oxygen atoms in total. The number of rotatable bonds is 9. The highest BCUT2D eigenvalue weighted by molar-refractivity contribution is 6.07. The van der Waals surface area contributed by atoms with E-state index in [-0.39, 0.29) is 0 Å². The highest BCUT2D eigenvalue weighted by Gasteiger charge is 2.17. The molecule has 0 amide bonds. The van der Waals surface area contributed by atoms with Gasteiger partial charge in [0.15, 0.2) is 5.82 Å². The van der Waals surface area contributed by atoms with E-state index in [0.717, 1.165) is 52.0 Å². The van der Waals surface area contributed by atoms with Crippen LogP contribution in [0.3, 0.4) is 0 Å². The number of imidazole rings is 1. The number of fused-ring (bicyclic) bond motifs is 3. The maximum Gasteiger partial charge on any atom is 0.152 e. The number of ether oxygens (including phenoxy) is 2. The van der Waals surface area contributed by atoms with Crippen LogP contribution in [0.5, 0.6) is 0 Å². The standard InChI is InChI=1S/C24H27N5O2/c1-3-31-16-21-28-22-23(29(21)13-6-14-30-2)19-11-9-17(15-20(19)27-24(22)25)8-10-18-7-4-5-12-26-18/h4-5,7-12,15H,3,6,13-14,16H2,1-2H3,(H2,25,27)/b10-8+. The second-order valence-corrected chi connectivity index (χ2v) is 7.22. The molecule has 0 atom stereocenters. The third-order valence-electron chi connectivity index (χ3n) is 5.11. The maximum atomic E-state index is 6.32. The molecule has 0 aliphatic heterocycles. The van der Waals surface area contributed by atoms with Gasteiger partial charge in [-0.25, -0.2) is 9.97 Å². The Balaban J connectivity index is 1.79. The summed E-state index contributed by atoms with van der Waals surface area (Å²) in [5.74, 6) is 1.28. The van der Waals surface area contributed by atoms with E-state index in [9.17, 15) is 0 Å². The first-order valence-electron chi connectivity index (χ1n) is 10.5.